The molecular weight excluding hydrogens is 393 g/mol. The lowest BCUT2D eigenvalue weighted by Crippen LogP contribution is -2.58. The Morgan fingerprint density at radius 1 is 1.07 bits per heavy atom. The van der Waals surface area contributed by atoms with Gasteiger partial charge >= 0.3 is 6.18 Å². The zero-order valence-electron chi connectivity index (χ0n) is 16.9. The summed E-state index contributed by atoms with van der Waals surface area (Å²) < 4.78 is 47.8. The lowest BCUT2D eigenvalue weighted by Gasteiger charge is -2.49. The number of anilines is 1. The molecule has 2 N–H and O–H groups in total. The van der Waals surface area contributed by atoms with Crippen molar-refractivity contribution in [1.82, 2.24) is 4.98 Å². The van der Waals surface area contributed by atoms with Crippen LogP contribution in [0.15, 0.2) is 54.6 Å². The molecule has 1 aliphatic carbocycles. The SMILES string of the molecule is COc1ccc2c(N[C@@H]3c4ccccc4C(C)(C)CC3(O)C(F)(F)F)cccc2n1. The molecule has 2 aromatic carbocycles. The molecule has 0 spiro atoms. The standard InChI is InChI=1S/C23H23F3N2O2/c1-21(2)13-22(29,23(24,25)26)20(14-7-4-5-8-16(14)21)28-18-10-6-9-17-15(18)11-12-19(27-17)30-3/h4-12,20,28-29H,13H2,1-3H3/t20-,22?/m1/s1. The van der Waals surface area contributed by atoms with Gasteiger partial charge < -0.3 is 15.2 Å². The summed E-state index contributed by atoms with van der Waals surface area (Å²) in [6, 6.07) is 14.2. The second-order valence-electron chi connectivity index (χ2n) is 8.37. The van der Waals surface area contributed by atoms with Gasteiger partial charge in [0.05, 0.1) is 18.7 Å². The number of fused-ring (bicyclic) bond motifs is 2. The van der Waals surface area contributed by atoms with Gasteiger partial charge in [-0.15, -0.1) is 0 Å². The van der Waals surface area contributed by atoms with E-state index in [4.69, 9.17) is 4.74 Å². The van der Waals surface area contributed by atoms with Crippen LogP contribution in [0, 0.1) is 0 Å². The van der Waals surface area contributed by atoms with E-state index in [9.17, 15) is 18.3 Å². The van der Waals surface area contributed by atoms with Crippen LogP contribution in [0.5, 0.6) is 5.88 Å². The van der Waals surface area contributed by atoms with Gasteiger partial charge in [-0.25, -0.2) is 4.98 Å². The second-order valence-corrected chi connectivity index (χ2v) is 8.37. The lowest BCUT2D eigenvalue weighted by atomic mass is 9.63. The van der Waals surface area contributed by atoms with Crippen molar-refractivity contribution in [2.45, 2.75) is 43.5 Å². The summed E-state index contributed by atoms with van der Waals surface area (Å²) in [5.74, 6) is 0.413. The molecule has 7 heteroatoms. The van der Waals surface area contributed by atoms with Gasteiger partial charge in [0.1, 0.15) is 0 Å². The fourth-order valence-corrected chi connectivity index (χ4v) is 4.49. The van der Waals surface area contributed by atoms with Crippen LogP contribution in [0.1, 0.15) is 37.4 Å². The Morgan fingerprint density at radius 3 is 2.50 bits per heavy atom. The number of nitrogens with one attached hydrogen (secondary N) is 1. The molecule has 1 aromatic heterocycles. The minimum Gasteiger partial charge on any atom is -0.481 e. The average Bonchev–Trinajstić information content (AvgIpc) is 2.69. The molecule has 0 fully saturated rings. The van der Waals surface area contributed by atoms with Gasteiger partial charge in [0, 0.05) is 17.1 Å². The highest BCUT2D eigenvalue weighted by Crippen LogP contribution is 2.54. The fraction of sp³-hybridized carbons (Fsp3) is 0.348. The third-order valence-electron chi connectivity index (χ3n) is 5.90. The van der Waals surface area contributed by atoms with Gasteiger partial charge in [-0.3, -0.25) is 0 Å². The summed E-state index contributed by atoms with van der Waals surface area (Å²) in [6.07, 6.45) is -5.27. The van der Waals surface area contributed by atoms with Crippen molar-refractivity contribution in [2.75, 3.05) is 12.4 Å². The summed E-state index contributed by atoms with van der Waals surface area (Å²) in [5, 5.41) is 14.7. The number of ether oxygens (including phenoxy) is 1. The van der Waals surface area contributed by atoms with E-state index >= 15 is 0 Å². The van der Waals surface area contributed by atoms with Crippen LogP contribution in [-0.2, 0) is 5.41 Å². The van der Waals surface area contributed by atoms with E-state index in [2.05, 4.69) is 10.3 Å². The van der Waals surface area contributed by atoms with Crippen LogP contribution in [0.2, 0.25) is 0 Å². The first kappa shape index (κ1) is 20.5. The molecule has 0 bridgehead atoms. The molecule has 3 aromatic rings. The highest BCUT2D eigenvalue weighted by Gasteiger charge is 2.63. The van der Waals surface area contributed by atoms with Crippen molar-refractivity contribution >= 4 is 16.6 Å². The van der Waals surface area contributed by atoms with Crippen LogP contribution in [0.25, 0.3) is 10.9 Å². The molecule has 2 atom stereocenters. The molecule has 0 saturated carbocycles. The molecule has 0 aliphatic heterocycles. The molecule has 1 heterocycles. The minimum atomic E-state index is -4.82. The van der Waals surface area contributed by atoms with Crippen LogP contribution in [-0.4, -0.2) is 29.0 Å². The van der Waals surface area contributed by atoms with E-state index in [-0.39, 0.29) is 0 Å². The van der Waals surface area contributed by atoms with Gasteiger partial charge in [0.15, 0.2) is 5.60 Å². The Bertz CT molecular complexity index is 1100. The van der Waals surface area contributed by atoms with Crippen LogP contribution in [0.4, 0.5) is 18.9 Å². The maximum absolute atomic E-state index is 14.2. The largest absolute Gasteiger partial charge is 0.481 e. The summed E-state index contributed by atoms with van der Waals surface area (Å²) in [7, 11) is 1.50. The van der Waals surface area contributed by atoms with Gasteiger partial charge in [0.2, 0.25) is 5.88 Å². The third kappa shape index (κ3) is 3.17. The average molecular weight is 416 g/mol. The number of nitrogens with zero attached hydrogens (tertiary/aromatic N) is 1. The maximum atomic E-state index is 14.2. The van der Waals surface area contributed by atoms with E-state index in [1.807, 2.05) is 12.1 Å². The smallest absolute Gasteiger partial charge is 0.419 e. The highest BCUT2D eigenvalue weighted by molar-refractivity contribution is 5.92. The summed E-state index contributed by atoms with van der Waals surface area (Å²) in [5.41, 5.74) is -1.51. The van der Waals surface area contributed by atoms with E-state index in [0.29, 0.717) is 28.0 Å². The normalized spacial score (nSPS) is 23.1. The zero-order chi connectivity index (χ0) is 21.7. The quantitative estimate of drug-likeness (QED) is 0.603. The lowest BCUT2D eigenvalue weighted by molar-refractivity contribution is -0.275. The van der Waals surface area contributed by atoms with E-state index in [1.54, 1.807) is 56.3 Å². The number of halogens is 3. The second kappa shape index (κ2) is 6.87. The number of pyridine rings is 1. The summed E-state index contributed by atoms with van der Waals surface area (Å²) in [6.45, 7) is 3.46. The highest BCUT2D eigenvalue weighted by atomic mass is 19.4. The Balaban J connectivity index is 1.88. The summed E-state index contributed by atoms with van der Waals surface area (Å²) >= 11 is 0. The number of aliphatic hydroxyl groups is 1. The number of alkyl halides is 3. The number of aromatic nitrogens is 1. The first-order chi connectivity index (χ1) is 14.1. The molecule has 0 saturated heterocycles. The maximum Gasteiger partial charge on any atom is 0.419 e. The van der Waals surface area contributed by atoms with Gasteiger partial charge in [-0.1, -0.05) is 44.2 Å². The Kier molecular flexibility index (Phi) is 4.69. The minimum absolute atomic E-state index is 0.413. The first-order valence-electron chi connectivity index (χ1n) is 9.66. The van der Waals surface area contributed by atoms with Crippen molar-refractivity contribution < 1.29 is 23.0 Å². The Morgan fingerprint density at radius 2 is 1.80 bits per heavy atom. The molecule has 4 rings (SSSR count). The van der Waals surface area contributed by atoms with E-state index in [0.717, 1.165) is 5.56 Å². The van der Waals surface area contributed by atoms with Gasteiger partial charge in [-0.05, 0) is 41.2 Å². The Labute approximate surface area is 172 Å². The van der Waals surface area contributed by atoms with Crippen molar-refractivity contribution in [2.24, 2.45) is 0 Å². The van der Waals surface area contributed by atoms with Crippen molar-refractivity contribution in [3.8, 4) is 5.88 Å². The predicted octanol–water partition coefficient (Wildman–Crippen LogP) is 5.37. The molecular formula is C23H23F3N2O2. The monoisotopic (exact) mass is 416 g/mol. The molecule has 0 amide bonds. The predicted molar refractivity (Wildman–Crippen MR) is 110 cm³/mol. The van der Waals surface area contributed by atoms with Crippen LogP contribution < -0.4 is 10.1 Å². The van der Waals surface area contributed by atoms with E-state index in [1.165, 1.54) is 7.11 Å². The molecule has 30 heavy (non-hydrogen) atoms. The number of hydrogen-bond donors (Lipinski definition) is 2. The van der Waals surface area contributed by atoms with Crippen molar-refractivity contribution in [1.29, 1.82) is 0 Å². The van der Waals surface area contributed by atoms with Crippen molar-refractivity contribution in [3.05, 3.63) is 65.7 Å². The summed E-state index contributed by atoms with van der Waals surface area (Å²) in [4.78, 5) is 4.35. The topological polar surface area (TPSA) is 54.4 Å². The van der Waals surface area contributed by atoms with Crippen LogP contribution >= 0.6 is 0 Å². The molecule has 1 aliphatic rings. The Hall–Kier alpha value is -2.80. The number of methoxy groups -OCH3 is 1. The molecule has 4 nitrogen and oxygen atoms in total. The molecule has 1 unspecified atom stereocenters. The van der Waals surface area contributed by atoms with Gasteiger partial charge in [-0.2, -0.15) is 13.2 Å². The van der Waals surface area contributed by atoms with Crippen LogP contribution in [0.3, 0.4) is 0 Å². The van der Waals surface area contributed by atoms with Gasteiger partial charge in [0.25, 0.3) is 0 Å². The third-order valence-corrected chi connectivity index (χ3v) is 5.90. The van der Waals surface area contributed by atoms with E-state index < -0.39 is 29.7 Å². The number of rotatable bonds is 3. The number of benzene rings is 2. The number of hydrogen-bond acceptors (Lipinski definition) is 4. The zero-order valence-corrected chi connectivity index (χ0v) is 16.9. The fourth-order valence-electron chi connectivity index (χ4n) is 4.49. The van der Waals surface area contributed by atoms with Crippen molar-refractivity contribution in [3.63, 3.8) is 0 Å². The molecule has 0 radical (unpaired) electrons. The first-order valence-corrected chi connectivity index (χ1v) is 9.66. The molecule has 158 valence electrons.